The second-order valence-corrected chi connectivity index (χ2v) is 15.5. The maximum absolute atomic E-state index is 14.1. The van der Waals surface area contributed by atoms with Gasteiger partial charge in [-0.05, 0) is 40.3 Å². The zero-order valence-corrected chi connectivity index (χ0v) is 33.8. The summed E-state index contributed by atoms with van der Waals surface area (Å²) in [7, 11) is 1.47. The Labute approximate surface area is 354 Å². The average Bonchev–Trinajstić information content (AvgIpc) is 3.87. The Balaban J connectivity index is 1.32. The van der Waals surface area contributed by atoms with Gasteiger partial charge >= 0.3 is 0 Å². The summed E-state index contributed by atoms with van der Waals surface area (Å²) in [6.45, 7) is 1.95. The van der Waals surface area contributed by atoms with Gasteiger partial charge in [0.25, 0.3) is 0 Å². The van der Waals surface area contributed by atoms with E-state index in [4.69, 9.17) is 24.3 Å². The van der Waals surface area contributed by atoms with Gasteiger partial charge in [-0.2, -0.15) is 9.99 Å². The Morgan fingerprint density at radius 2 is 1.00 bits per heavy atom. The van der Waals surface area contributed by atoms with Gasteiger partial charge in [0.2, 0.25) is 11.7 Å². The second-order valence-electron chi connectivity index (χ2n) is 15.5. The van der Waals surface area contributed by atoms with Crippen LogP contribution in [0, 0.1) is 11.5 Å². The molecule has 9 rings (SSSR count). The van der Waals surface area contributed by atoms with Crippen molar-refractivity contribution in [2.24, 2.45) is 4.99 Å². The molecule has 8 aromatic rings. The van der Waals surface area contributed by atoms with Crippen molar-refractivity contribution >= 4 is 11.2 Å². The van der Waals surface area contributed by atoms with E-state index in [0.717, 1.165) is 33.4 Å². The number of fused-ring (bicyclic) bond motifs is 1. The average molecular weight is 805 g/mol. The van der Waals surface area contributed by atoms with Gasteiger partial charge in [0.15, 0.2) is 17.0 Å². The molecule has 0 bridgehead atoms. The van der Waals surface area contributed by atoms with E-state index in [1.807, 2.05) is 163 Å². The first-order valence-corrected chi connectivity index (χ1v) is 20.2. The third-order valence-electron chi connectivity index (χ3n) is 12.0. The van der Waals surface area contributed by atoms with Crippen LogP contribution in [0.5, 0.6) is 0 Å². The predicted molar refractivity (Wildman–Crippen MR) is 231 cm³/mol. The molecular weight excluding hydrogens is 761 g/mol. The first-order valence-electron chi connectivity index (χ1n) is 20.2. The van der Waals surface area contributed by atoms with Gasteiger partial charge in [0.05, 0.1) is 6.33 Å². The second kappa shape index (κ2) is 16.1. The van der Waals surface area contributed by atoms with Crippen LogP contribution in [0.1, 0.15) is 59.2 Å². The van der Waals surface area contributed by atoms with Crippen LogP contribution in [0.2, 0.25) is 0 Å². The van der Waals surface area contributed by atoms with Crippen LogP contribution >= 0.6 is 0 Å². The van der Waals surface area contributed by atoms with Gasteiger partial charge in [0.1, 0.15) is 30.2 Å². The van der Waals surface area contributed by atoms with Gasteiger partial charge in [-0.3, -0.25) is 0 Å². The minimum Gasteiger partial charge on any atom is -0.414 e. The molecule has 10 nitrogen and oxygen atoms in total. The lowest BCUT2D eigenvalue weighted by molar-refractivity contribution is -0.335. The molecule has 0 amide bonds. The molecule has 0 spiro atoms. The highest BCUT2D eigenvalue weighted by molar-refractivity contribution is 5.69. The zero-order chi connectivity index (χ0) is 41.9. The lowest BCUT2D eigenvalue weighted by Gasteiger charge is -2.50. The molecule has 302 valence electrons. The van der Waals surface area contributed by atoms with Crippen LogP contribution in [0.25, 0.3) is 11.2 Å². The molecule has 0 saturated heterocycles. The van der Waals surface area contributed by atoms with Crippen molar-refractivity contribution in [2.75, 3.05) is 7.11 Å². The fraction of sp³-hybridized carbons (Fsp3) is 0.176. The van der Waals surface area contributed by atoms with E-state index in [9.17, 15) is 10.4 Å². The number of nitrogens with zero attached hydrogens (tertiary/aromatic N) is 6. The molecule has 10 heteroatoms. The minimum atomic E-state index is -2.03. The van der Waals surface area contributed by atoms with E-state index >= 15 is 0 Å². The molecule has 1 aliphatic rings. The summed E-state index contributed by atoms with van der Waals surface area (Å²) in [5.74, 6) is -2.03. The molecule has 2 aromatic heterocycles. The van der Waals surface area contributed by atoms with Crippen LogP contribution in [0.15, 0.2) is 200 Å². The monoisotopic (exact) mass is 804 g/mol. The van der Waals surface area contributed by atoms with Gasteiger partial charge in [0, 0.05) is 18.9 Å². The summed E-state index contributed by atoms with van der Waals surface area (Å²) in [6.07, 6.45) is 5.31. The van der Waals surface area contributed by atoms with Gasteiger partial charge in [-0.1, -0.05) is 182 Å². The van der Waals surface area contributed by atoms with E-state index in [2.05, 4.69) is 41.4 Å². The number of aromatic nitrogens is 4. The fourth-order valence-corrected chi connectivity index (χ4v) is 9.12. The highest BCUT2D eigenvalue weighted by Gasteiger charge is 2.64. The number of hydrogen-bond acceptors (Lipinski definition) is 8. The van der Waals surface area contributed by atoms with Crippen molar-refractivity contribution < 1.29 is 19.4 Å². The lowest BCUT2D eigenvalue weighted by Crippen LogP contribution is -2.59. The van der Waals surface area contributed by atoms with Gasteiger partial charge in [-0.15, -0.1) is 4.99 Å². The Kier molecular flexibility index (Phi) is 10.4. The highest BCUT2D eigenvalue weighted by Crippen LogP contribution is 2.57. The molecule has 2 heterocycles. The molecule has 1 saturated carbocycles. The summed E-state index contributed by atoms with van der Waals surface area (Å²) in [4.78, 5) is 18.9. The van der Waals surface area contributed by atoms with Crippen LogP contribution < -0.4 is 10.3 Å². The van der Waals surface area contributed by atoms with Gasteiger partial charge in [-0.25, -0.2) is 9.97 Å². The molecule has 0 unspecified atom stereocenters. The maximum Gasteiger partial charge on any atom is 0.211 e. The third kappa shape index (κ3) is 6.69. The van der Waals surface area contributed by atoms with Crippen LogP contribution in [0.3, 0.4) is 0 Å². The van der Waals surface area contributed by atoms with Crippen LogP contribution in [-0.4, -0.2) is 42.9 Å². The van der Waals surface area contributed by atoms with Crippen molar-refractivity contribution in [1.82, 2.24) is 19.3 Å². The fourth-order valence-electron chi connectivity index (χ4n) is 9.12. The SMILES string of the molecule is COn1cnc2c(ncn2[C@@H]2C[C@@](O)(OC(c3ccccc3)(c3ccccc3)c3ccccc3)[C@@](C)(OC(c3ccccc3)(c3ccccc3)c3ccccc3)C2)c1=NC#N. The molecule has 0 radical (unpaired) electrons. The quantitative estimate of drug-likeness (QED) is 0.0748. The number of hydrogen-bond donors (Lipinski definition) is 1. The Morgan fingerprint density at radius 1 is 0.607 bits per heavy atom. The van der Waals surface area contributed by atoms with E-state index in [0.29, 0.717) is 11.2 Å². The van der Waals surface area contributed by atoms with Crippen molar-refractivity contribution in [3.63, 3.8) is 0 Å². The summed E-state index contributed by atoms with van der Waals surface area (Å²) < 4.78 is 18.9. The maximum atomic E-state index is 14.1. The molecule has 6 aromatic carbocycles. The zero-order valence-electron chi connectivity index (χ0n) is 33.8. The number of benzene rings is 6. The molecule has 1 fully saturated rings. The van der Waals surface area contributed by atoms with E-state index < -0.39 is 28.6 Å². The molecule has 3 atom stereocenters. The molecule has 1 N–H and O–H groups in total. The molecule has 61 heavy (non-hydrogen) atoms. The van der Waals surface area contributed by atoms with E-state index in [1.54, 1.807) is 6.33 Å². The van der Waals surface area contributed by atoms with E-state index in [1.165, 1.54) is 18.2 Å². The number of aliphatic hydroxyl groups is 1. The predicted octanol–water partition coefficient (Wildman–Crippen LogP) is 8.47. The Morgan fingerprint density at radius 3 is 1.38 bits per heavy atom. The Hall–Kier alpha value is -7.16. The summed E-state index contributed by atoms with van der Waals surface area (Å²) >= 11 is 0. The van der Waals surface area contributed by atoms with Crippen molar-refractivity contribution in [1.29, 1.82) is 5.26 Å². The van der Waals surface area contributed by atoms with Crippen molar-refractivity contribution in [3.8, 4) is 6.19 Å². The van der Waals surface area contributed by atoms with Crippen LogP contribution in [-0.2, 0) is 20.7 Å². The summed E-state index contributed by atoms with van der Waals surface area (Å²) in [6, 6.07) is 60.0. The largest absolute Gasteiger partial charge is 0.414 e. The van der Waals surface area contributed by atoms with Crippen LogP contribution in [0.4, 0.5) is 0 Å². The molecule has 1 aliphatic carbocycles. The summed E-state index contributed by atoms with van der Waals surface area (Å²) in [5.41, 5.74) is 2.10. The number of imidazole rings is 1. The van der Waals surface area contributed by atoms with Crippen molar-refractivity contribution in [2.45, 2.75) is 48.4 Å². The standard InChI is InChI=1S/C51H44N6O4/c1-48(60-50(38-21-9-3-10-22-38,39-23-11-4-12-24-39)40-25-13-5-14-26-40)33-44(56-36-54-45-46(56)55-37-57(59-2)47(45)53-35-52)34-49(48,58)61-51(41-27-15-6-16-28-41,42-29-17-7-18-30-42)43-31-19-8-20-32-43/h3-32,36-37,44,58H,33-34H2,1-2H3/t44-,48-,49+/m0/s1. The first kappa shape index (κ1) is 39.3. The number of nitriles is 1. The molecule has 0 aliphatic heterocycles. The first-order chi connectivity index (χ1) is 29.8. The van der Waals surface area contributed by atoms with Gasteiger partial charge < -0.3 is 24.0 Å². The molecular formula is C51H44N6O4. The van der Waals surface area contributed by atoms with Crippen molar-refractivity contribution in [3.05, 3.63) is 234 Å². The Bertz CT molecular complexity index is 2510. The minimum absolute atomic E-state index is 0.0588. The summed E-state index contributed by atoms with van der Waals surface area (Å²) in [5, 5.41) is 23.7. The lowest BCUT2D eigenvalue weighted by atomic mass is 9.78. The third-order valence-corrected chi connectivity index (χ3v) is 12.0. The van der Waals surface area contributed by atoms with E-state index in [-0.39, 0.29) is 18.3 Å². The highest BCUT2D eigenvalue weighted by atomic mass is 16.7. The normalized spacial score (nSPS) is 19.4. The number of rotatable bonds is 12. The topological polar surface area (TPSA) is 120 Å². The number of ether oxygens (including phenoxy) is 2. The smallest absolute Gasteiger partial charge is 0.211 e.